The first-order chi connectivity index (χ1) is 15.1. The number of aryl methyl sites for hydroxylation is 1. The van der Waals surface area contributed by atoms with Gasteiger partial charge in [-0.1, -0.05) is 35.5 Å². The van der Waals surface area contributed by atoms with E-state index in [4.69, 9.17) is 10.5 Å². The summed E-state index contributed by atoms with van der Waals surface area (Å²) in [6.07, 6.45) is 1.51. The summed E-state index contributed by atoms with van der Waals surface area (Å²) in [5.41, 5.74) is 10.5. The fourth-order valence-corrected chi connectivity index (χ4v) is 2.71. The molecule has 0 atom stereocenters. The van der Waals surface area contributed by atoms with Crippen LogP contribution in [0.15, 0.2) is 64.3 Å². The molecule has 0 saturated carbocycles. The van der Waals surface area contributed by atoms with Crippen LogP contribution in [-0.2, 0) is 6.61 Å². The third kappa shape index (κ3) is 4.56. The number of hydrogen-bond acceptors (Lipinski definition) is 9. The third-order valence-electron chi connectivity index (χ3n) is 4.26. The molecule has 11 heteroatoms. The minimum Gasteiger partial charge on any atom is -0.489 e. The van der Waals surface area contributed by atoms with Gasteiger partial charge in [-0.2, -0.15) is 9.78 Å². The summed E-state index contributed by atoms with van der Waals surface area (Å²) in [5.74, 6) is 0.247. The largest absolute Gasteiger partial charge is 0.489 e. The Morgan fingerprint density at radius 2 is 1.97 bits per heavy atom. The summed E-state index contributed by atoms with van der Waals surface area (Å²) in [7, 11) is 0. The Morgan fingerprint density at radius 3 is 2.68 bits per heavy atom. The SMILES string of the molecule is Cc1nnn(-c2nonc2N)c1C(=O)N/N=C\c1ccc(OCc2ccccc2)cc1. The van der Waals surface area contributed by atoms with Crippen molar-refractivity contribution in [2.24, 2.45) is 5.10 Å². The first kappa shape index (κ1) is 19.8. The second-order valence-electron chi connectivity index (χ2n) is 6.45. The Bertz CT molecular complexity index is 1200. The Labute approximate surface area is 176 Å². The lowest BCUT2D eigenvalue weighted by atomic mass is 10.2. The summed E-state index contributed by atoms with van der Waals surface area (Å²) in [6, 6.07) is 17.2. The van der Waals surface area contributed by atoms with Crippen LogP contribution < -0.4 is 15.9 Å². The standard InChI is InChI=1S/C20H18N8O3/c1-13-17(28(27-23-13)19-18(21)25-31-26-19)20(29)24-22-11-14-7-9-16(10-8-14)30-12-15-5-3-2-4-6-15/h2-11H,12H2,1H3,(H2,21,25)(H,24,29)/b22-11-. The van der Waals surface area contributed by atoms with Crippen molar-refractivity contribution in [2.75, 3.05) is 5.73 Å². The van der Waals surface area contributed by atoms with Gasteiger partial charge < -0.3 is 10.5 Å². The van der Waals surface area contributed by atoms with E-state index in [0.29, 0.717) is 12.3 Å². The second-order valence-corrected chi connectivity index (χ2v) is 6.45. The number of benzene rings is 2. The fourth-order valence-electron chi connectivity index (χ4n) is 2.71. The van der Waals surface area contributed by atoms with E-state index in [2.05, 4.69) is 35.8 Å². The van der Waals surface area contributed by atoms with Crippen molar-refractivity contribution in [3.05, 3.63) is 77.1 Å². The molecule has 4 rings (SSSR count). The van der Waals surface area contributed by atoms with E-state index < -0.39 is 5.91 Å². The summed E-state index contributed by atoms with van der Waals surface area (Å²) >= 11 is 0. The van der Waals surface area contributed by atoms with Gasteiger partial charge in [0, 0.05) is 0 Å². The molecule has 0 aliphatic carbocycles. The molecule has 4 aromatic rings. The van der Waals surface area contributed by atoms with Crippen LogP contribution in [0.1, 0.15) is 27.3 Å². The van der Waals surface area contributed by atoms with Crippen molar-refractivity contribution in [1.82, 2.24) is 30.7 Å². The van der Waals surface area contributed by atoms with E-state index in [9.17, 15) is 4.79 Å². The highest BCUT2D eigenvalue weighted by Crippen LogP contribution is 2.15. The van der Waals surface area contributed by atoms with Gasteiger partial charge in [0.2, 0.25) is 11.6 Å². The van der Waals surface area contributed by atoms with Crippen LogP contribution in [0, 0.1) is 6.92 Å². The van der Waals surface area contributed by atoms with Crippen LogP contribution in [0.2, 0.25) is 0 Å². The minimum absolute atomic E-state index is 0.0166. The molecule has 31 heavy (non-hydrogen) atoms. The minimum atomic E-state index is -0.538. The highest BCUT2D eigenvalue weighted by molar-refractivity contribution is 5.94. The molecule has 2 aromatic carbocycles. The highest BCUT2D eigenvalue weighted by Gasteiger charge is 2.22. The van der Waals surface area contributed by atoms with Gasteiger partial charge in [-0.3, -0.25) is 4.79 Å². The quantitative estimate of drug-likeness (QED) is 0.342. The molecule has 0 aliphatic heterocycles. The number of rotatable bonds is 7. The van der Waals surface area contributed by atoms with Crippen LogP contribution in [-0.4, -0.2) is 37.4 Å². The lowest BCUT2D eigenvalue weighted by molar-refractivity contribution is 0.0946. The zero-order valence-corrected chi connectivity index (χ0v) is 16.5. The normalized spacial score (nSPS) is 11.0. The topological polar surface area (TPSA) is 146 Å². The summed E-state index contributed by atoms with van der Waals surface area (Å²) in [4.78, 5) is 12.6. The van der Waals surface area contributed by atoms with Gasteiger partial charge in [0.15, 0.2) is 5.69 Å². The molecule has 0 radical (unpaired) electrons. The molecular weight excluding hydrogens is 400 g/mol. The number of carbonyl (C=O) groups excluding carboxylic acids is 1. The molecule has 0 aliphatic rings. The van der Waals surface area contributed by atoms with Gasteiger partial charge in [-0.25, -0.2) is 10.1 Å². The maximum atomic E-state index is 12.6. The summed E-state index contributed by atoms with van der Waals surface area (Å²) < 4.78 is 11.4. The number of ether oxygens (including phenoxy) is 1. The third-order valence-corrected chi connectivity index (χ3v) is 4.26. The summed E-state index contributed by atoms with van der Waals surface area (Å²) in [5, 5.41) is 18.8. The van der Waals surface area contributed by atoms with Gasteiger partial charge in [0.05, 0.1) is 11.9 Å². The van der Waals surface area contributed by atoms with Crippen LogP contribution in [0.5, 0.6) is 5.75 Å². The van der Waals surface area contributed by atoms with E-state index in [1.165, 1.54) is 6.21 Å². The zero-order valence-electron chi connectivity index (χ0n) is 16.5. The van der Waals surface area contributed by atoms with Crippen LogP contribution in [0.4, 0.5) is 5.82 Å². The molecule has 11 nitrogen and oxygen atoms in total. The molecular formula is C20H18N8O3. The van der Waals surface area contributed by atoms with Gasteiger partial charge in [0.25, 0.3) is 5.91 Å². The number of nitrogens with two attached hydrogens (primary N) is 1. The van der Waals surface area contributed by atoms with Crippen molar-refractivity contribution in [1.29, 1.82) is 0 Å². The molecule has 0 spiro atoms. The van der Waals surface area contributed by atoms with Gasteiger partial charge in [-0.15, -0.1) is 5.10 Å². The van der Waals surface area contributed by atoms with Crippen LogP contribution >= 0.6 is 0 Å². The van der Waals surface area contributed by atoms with E-state index in [1.54, 1.807) is 6.92 Å². The first-order valence-electron chi connectivity index (χ1n) is 9.22. The summed E-state index contributed by atoms with van der Waals surface area (Å²) in [6.45, 7) is 2.11. The number of aromatic nitrogens is 5. The zero-order chi connectivity index (χ0) is 21.6. The Morgan fingerprint density at radius 1 is 1.19 bits per heavy atom. The van der Waals surface area contributed by atoms with Gasteiger partial charge >= 0.3 is 0 Å². The molecule has 0 fully saturated rings. The number of nitrogens with zero attached hydrogens (tertiary/aromatic N) is 6. The van der Waals surface area contributed by atoms with Crippen molar-refractivity contribution in [3.8, 4) is 11.6 Å². The van der Waals surface area contributed by atoms with E-state index in [1.807, 2.05) is 54.6 Å². The monoisotopic (exact) mass is 418 g/mol. The molecule has 1 amide bonds. The molecule has 2 aromatic heterocycles. The van der Waals surface area contributed by atoms with Gasteiger partial charge in [-0.05, 0) is 52.6 Å². The number of amides is 1. The number of nitrogens with one attached hydrogen (secondary N) is 1. The predicted octanol–water partition coefficient (Wildman–Crippen LogP) is 1.88. The predicted molar refractivity (Wildman–Crippen MR) is 111 cm³/mol. The molecule has 3 N–H and O–H groups in total. The number of hydrazone groups is 1. The Hall–Kier alpha value is -4.54. The number of carbonyl (C=O) groups is 1. The molecule has 0 bridgehead atoms. The smallest absolute Gasteiger partial charge is 0.292 e. The van der Waals surface area contributed by atoms with Crippen molar-refractivity contribution in [3.63, 3.8) is 0 Å². The van der Waals surface area contributed by atoms with Crippen molar-refractivity contribution < 1.29 is 14.2 Å². The number of hydrogen-bond donors (Lipinski definition) is 2. The molecule has 2 heterocycles. The average Bonchev–Trinajstić information content (AvgIpc) is 3.38. The number of anilines is 1. The second kappa shape index (κ2) is 8.86. The van der Waals surface area contributed by atoms with E-state index in [-0.39, 0.29) is 17.3 Å². The maximum absolute atomic E-state index is 12.6. The fraction of sp³-hybridized carbons (Fsp3) is 0.100. The Kier molecular flexibility index (Phi) is 5.65. The lowest BCUT2D eigenvalue weighted by Gasteiger charge is -2.06. The van der Waals surface area contributed by atoms with Crippen molar-refractivity contribution >= 4 is 17.9 Å². The number of nitrogen functional groups attached to an aromatic ring is 1. The van der Waals surface area contributed by atoms with Crippen LogP contribution in [0.25, 0.3) is 5.82 Å². The average molecular weight is 418 g/mol. The molecule has 0 unspecified atom stereocenters. The van der Waals surface area contributed by atoms with E-state index >= 15 is 0 Å². The van der Waals surface area contributed by atoms with E-state index in [0.717, 1.165) is 21.6 Å². The molecule has 0 saturated heterocycles. The van der Waals surface area contributed by atoms with Crippen LogP contribution in [0.3, 0.4) is 0 Å². The first-order valence-corrected chi connectivity index (χ1v) is 9.22. The molecule has 156 valence electrons. The van der Waals surface area contributed by atoms with Crippen molar-refractivity contribution in [2.45, 2.75) is 13.5 Å². The maximum Gasteiger partial charge on any atom is 0.292 e. The highest BCUT2D eigenvalue weighted by atomic mass is 16.6. The Balaban J connectivity index is 1.37. The lowest BCUT2D eigenvalue weighted by Crippen LogP contribution is -2.22. The van der Waals surface area contributed by atoms with Gasteiger partial charge in [0.1, 0.15) is 12.4 Å².